The minimum Gasteiger partial charge on any atom is -0.456 e. The Bertz CT molecular complexity index is 3910. The quantitative estimate of drug-likeness (QED) is 0.167. The van der Waals surface area contributed by atoms with Gasteiger partial charge in [0.15, 0.2) is 17.5 Å². The summed E-state index contributed by atoms with van der Waals surface area (Å²) in [4.78, 5) is 16.1. The second-order valence-electron chi connectivity index (χ2n) is 15.6. The van der Waals surface area contributed by atoms with Crippen LogP contribution in [0.5, 0.6) is 0 Å². The smallest absolute Gasteiger partial charge is 0.164 e. The van der Waals surface area contributed by atoms with Crippen LogP contribution in [0.2, 0.25) is 0 Å². The number of nitrogens with zero attached hydrogens (tertiary/aromatic N) is 4. The molecule has 3 aromatic heterocycles. The molecule has 0 amide bonds. The lowest BCUT2D eigenvalue weighted by Crippen LogP contribution is -2.02. The molecule has 5 heteroatoms. The minimum atomic E-state index is 0.565. The molecule has 0 unspecified atom stereocenters. The summed E-state index contributed by atoms with van der Waals surface area (Å²) in [7, 11) is 0. The third kappa shape index (κ3) is 4.90. The normalized spacial score (nSPS) is 12.0. The zero-order valence-electron chi connectivity index (χ0n) is 32.2. The fourth-order valence-corrected chi connectivity index (χ4v) is 9.46. The van der Waals surface area contributed by atoms with Gasteiger partial charge in [0.25, 0.3) is 0 Å². The van der Waals surface area contributed by atoms with Crippen molar-refractivity contribution in [1.29, 1.82) is 0 Å². The van der Waals surface area contributed by atoms with Gasteiger partial charge in [0, 0.05) is 32.8 Å². The second-order valence-corrected chi connectivity index (χ2v) is 15.6. The molecule has 5 nitrogen and oxygen atoms in total. The van der Waals surface area contributed by atoms with Gasteiger partial charge in [-0.25, -0.2) is 15.0 Å². The van der Waals surface area contributed by atoms with Crippen molar-refractivity contribution >= 4 is 86.8 Å². The van der Waals surface area contributed by atoms with Crippen molar-refractivity contribution in [3.8, 4) is 39.9 Å². The molecule has 0 atom stereocenters. The Labute approximate surface area is 343 Å². The van der Waals surface area contributed by atoms with E-state index in [-0.39, 0.29) is 0 Å². The lowest BCUT2D eigenvalue weighted by Gasteiger charge is -2.15. The molecule has 10 aromatic carbocycles. The van der Waals surface area contributed by atoms with Gasteiger partial charge in [-0.15, -0.1) is 0 Å². The Morgan fingerprint density at radius 1 is 0.333 bits per heavy atom. The first-order chi connectivity index (χ1) is 29.7. The highest BCUT2D eigenvalue weighted by molar-refractivity contribution is 6.17. The number of aromatic nitrogens is 4. The third-order valence-corrected chi connectivity index (χ3v) is 12.2. The number of benzene rings is 10. The van der Waals surface area contributed by atoms with E-state index in [1.807, 2.05) is 12.1 Å². The molecule has 278 valence electrons. The monoisotopic (exact) mass is 764 g/mol. The molecule has 0 aliphatic carbocycles. The number of furan rings is 1. The molecule has 0 fully saturated rings. The van der Waals surface area contributed by atoms with Crippen molar-refractivity contribution in [3.05, 3.63) is 194 Å². The van der Waals surface area contributed by atoms with Crippen LogP contribution >= 0.6 is 0 Å². The summed E-state index contributed by atoms with van der Waals surface area (Å²) >= 11 is 0. The van der Waals surface area contributed by atoms with Crippen LogP contribution in [0.25, 0.3) is 127 Å². The van der Waals surface area contributed by atoms with E-state index < -0.39 is 0 Å². The number of para-hydroxylation sites is 2. The summed E-state index contributed by atoms with van der Waals surface area (Å²) in [5.74, 6) is 1.79. The zero-order chi connectivity index (χ0) is 39.3. The molecule has 0 saturated carbocycles. The van der Waals surface area contributed by atoms with Crippen molar-refractivity contribution < 1.29 is 4.42 Å². The van der Waals surface area contributed by atoms with Crippen molar-refractivity contribution in [3.63, 3.8) is 0 Å². The first kappa shape index (κ1) is 32.9. The van der Waals surface area contributed by atoms with Crippen molar-refractivity contribution in [2.45, 2.75) is 0 Å². The fourth-order valence-electron chi connectivity index (χ4n) is 9.46. The summed E-state index contributed by atoms with van der Waals surface area (Å²) in [6.07, 6.45) is 0. The van der Waals surface area contributed by atoms with E-state index in [0.29, 0.717) is 17.5 Å². The molecule has 0 spiro atoms. The second kappa shape index (κ2) is 12.7. The number of rotatable bonds is 4. The molecule has 13 rings (SSSR count). The lowest BCUT2D eigenvalue weighted by atomic mass is 9.96. The van der Waals surface area contributed by atoms with Gasteiger partial charge in [-0.05, 0) is 85.6 Å². The number of hydrogen-bond donors (Lipinski definition) is 0. The molecule has 0 saturated heterocycles. The van der Waals surface area contributed by atoms with Crippen molar-refractivity contribution in [2.24, 2.45) is 0 Å². The Morgan fingerprint density at radius 2 is 0.933 bits per heavy atom. The van der Waals surface area contributed by atoms with E-state index in [0.717, 1.165) is 82.3 Å². The Balaban J connectivity index is 1.15. The lowest BCUT2D eigenvalue weighted by molar-refractivity contribution is 0.669. The van der Waals surface area contributed by atoms with Gasteiger partial charge in [-0.2, -0.15) is 0 Å². The van der Waals surface area contributed by atoms with Gasteiger partial charge >= 0.3 is 0 Å². The first-order valence-electron chi connectivity index (χ1n) is 20.3. The average Bonchev–Trinajstić information content (AvgIpc) is 3.85. The van der Waals surface area contributed by atoms with E-state index in [2.05, 4.69) is 187 Å². The van der Waals surface area contributed by atoms with Gasteiger partial charge in [-0.1, -0.05) is 152 Å². The summed E-state index contributed by atoms with van der Waals surface area (Å²) in [5.41, 5.74) is 7.55. The maximum absolute atomic E-state index is 6.76. The van der Waals surface area contributed by atoms with Crippen molar-refractivity contribution in [2.75, 3.05) is 0 Å². The van der Waals surface area contributed by atoms with Gasteiger partial charge < -0.3 is 8.98 Å². The van der Waals surface area contributed by atoms with Gasteiger partial charge in [-0.3, -0.25) is 0 Å². The van der Waals surface area contributed by atoms with Gasteiger partial charge in [0.1, 0.15) is 11.2 Å². The van der Waals surface area contributed by atoms with Crippen LogP contribution in [-0.2, 0) is 0 Å². The first-order valence-corrected chi connectivity index (χ1v) is 20.3. The molecule has 0 N–H and O–H groups in total. The topological polar surface area (TPSA) is 56.7 Å². The van der Waals surface area contributed by atoms with E-state index in [4.69, 9.17) is 19.4 Å². The Hall–Kier alpha value is -8.15. The van der Waals surface area contributed by atoms with Crippen LogP contribution in [0, 0.1) is 0 Å². The highest BCUT2D eigenvalue weighted by Crippen LogP contribution is 2.43. The standard InChI is InChI=1S/C55H32N4O/c1-2-16-35-30-48-45(28-34(35)15-1)42-23-9-11-26-47(42)59(48)49-31-37(32-51-52(49)44-24-10-12-27-50(44)60-51)53-56-54(43-25-13-18-33-14-3-5-19-38(33)43)58-55(57-53)46-29-36-17-4-6-20-39(36)40-21-7-8-22-41(40)46/h1-32H. The summed E-state index contributed by atoms with van der Waals surface area (Å²) in [6.45, 7) is 0. The summed E-state index contributed by atoms with van der Waals surface area (Å²) in [6, 6.07) is 68.6. The molecule has 0 aliphatic heterocycles. The number of hydrogen-bond acceptors (Lipinski definition) is 4. The zero-order valence-corrected chi connectivity index (χ0v) is 32.2. The SMILES string of the molecule is c1ccc2cc3c(cc2c1)c1ccccc1n3-c1cc(-c2nc(-c3cccc4ccccc34)nc(-c3cc4ccccc4c4ccccc34)n2)cc2oc3ccccc3c12. The molecule has 13 aromatic rings. The van der Waals surface area contributed by atoms with Crippen LogP contribution in [0.3, 0.4) is 0 Å². The molecule has 3 heterocycles. The maximum atomic E-state index is 6.76. The molecule has 0 radical (unpaired) electrons. The Kier molecular flexibility index (Phi) is 6.95. The minimum absolute atomic E-state index is 0.565. The third-order valence-electron chi connectivity index (χ3n) is 12.2. The van der Waals surface area contributed by atoms with E-state index in [1.165, 1.54) is 26.9 Å². The van der Waals surface area contributed by atoms with Crippen LogP contribution in [0.15, 0.2) is 199 Å². The highest BCUT2D eigenvalue weighted by Gasteiger charge is 2.23. The van der Waals surface area contributed by atoms with Crippen LogP contribution < -0.4 is 0 Å². The predicted molar refractivity (Wildman–Crippen MR) is 248 cm³/mol. The molecule has 0 bridgehead atoms. The van der Waals surface area contributed by atoms with Crippen LogP contribution in [0.4, 0.5) is 0 Å². The average molecular weight is 765 g/mol. The van der Waals surface area contributed by atoms with Crippen LogP contribution in [0.1, 0.15) is 0 Å². The highest BCUT2D eigenvalue weighted by atomic mass is 16.3. The predicted octanol–water partition coefficient (Wildman–Crippen LogP) is 14.5. The van der Waals surface area contributed by atoms with Gasteiger partial charge in [0.05, 0.1) is 22.1 Å². The van der Waals surface area contributed by atoms with E-state index >= 15 is 0 Å². The molecular formula is C55H32N4O. The maximum Gasteiger partial charge on any atom is 0.164 e. The largest absolute Gasteiger partial charge is 0.456 e. The fraction of sp³-hybridized carbons (Fsp3) is 0. The Morgan fingerprint density at radius 3 is 1.77 bits per heavy atom. The summed E-state index contributed by atoms with van der Waals surface area (Å²) < 4.78 is 9.15. The molecule has 0 aliphatic rings. The summed E-state index contributed by atoms with van der Waals surface area (Å²) in [5, 5.41) is 13.6. The number of fused-ring (bicyclic) bond motifs is 11. The molecule has 60 heavy (non-hydrogen) atoms. The van der Waals surface area contributed by atoms with Crippen LogP contribution in [-0.4, -0.2) is 19.5 Å². The van der Waals surface area contributed by atoms with E-state index in [1.54, 1.807) is 0 Å². The van der Waals surface area contributed by atoms with E-state index in [9.17, 15) is 0 Å². The van der Waals surface area contributed by atoms with Gasteiger partial charge in [0.2, 0.25) is 0 Å². The van der Waals surface area contributed by atoms with Crippen molar-refractivity contribution in [1.82, 2.24) is 19.5 Å². The molecular weight excluding hydrogens is 733 g/mol.